The lowest BCUT2D eigenvalue weighted by atomic mass is 10.1. The maximum absolute atomic E-state index is 11.5. The number of thiazole rings is 1. The van der Waals surface area contributed by atoms with Crippen LogP contribution in [0.3, 0.4) is 0 Å². The molecule has 1 aromatic heterocycles. The molecule has 0 aliphatic carbocycles. The molecular weight excluding hydrogens is 386 g/mol. The zero-order valence-corrected chi connectivity index (χ0v) is 16.9. The molecule has 0 radical (unpaired) electrons. The van der Waals surface area contributed by atoms with Crippen LogP contribution in [-0.4, -0.2) is 53.7 Å². The van der Waals surface area contributed by atoms with E-state index >= 15 is 0 Å². The summed E-state index contributed by atoms with van der Waals surface area (Å²) in [7, 11) is 2.12. The average Bonchev–Trinajstić information content (AvgIpc) is 3.02. The molecule has 0 spiro atoms. The van der Waals surface area contributed by atoms with Gasteiger partial charge in [-0.2, -0.15) is 0 Å². The van der Waals surface area contributed by atoms with Gasteiger partial charge in [-0.15, -0.1) is 11.3 Å². The van der Waals surface area contributed by atoms with E-state index in [2.05, 4.69) is 22.2 Å². The minimum atomic E-state index is -0.565. The number of halogens is 1. The molecule has 8 heteroatoms. The molecule has 1 aliphatic heterocycles. The molecule has 1 aliphatic rings. The van der Waals surface area contributed by atoms with Crippen molar-refractivity contribution in [2.75, 3.05) is 32.1 Å². The van der Waals surface area contributed by atoms with Crippen LogP contribution in [0.5, 0.6) is 0 Å². The molecule has 6 nitrogen and oxygen atoms in total. The fourth-order valence-corrected chi connectivity index (χ4v) is 4.26. The van der Waals surface area contributed by atoms with Gasteiger partial charge in [-0.05, 0) is 37.6 Å². The number of benzene rings is 1. The molecule has 0 saturated carbocycles. The van der Waals surface area contributed by atoms with Gasteiger partial charge in [0.15, 0.2) is 5.13 Å². The lowest BCUT2D eigenvalue weighted by Gasteiger charge is -2.28. The first-order chi connectivity index (χ1) is 13.0. The van der Waals surface area contributed by atoms with Crippen molar-refractivity contribution < 1.29 is 14.6 Å². The molecule has 1 amide bonds. The lowest BCUT2D eigenvalue weighted by Crippen LogP contribution is -2.34. The summed E-state index contributed by atoms with van der Waals surface area (Å²) in [5, 5.41) is 12.7. The Morgan fingerprint density at radius 1 is 1.44 bits per heavy atom. The molecule has 1 fully saturated rings. The zero-order chi connectivity index (χ0) is 19.2. The van der Waals surface area contributed by atoms with E-state index in [0.717, 1.165) is 42.1 Å². The standard InChI is InChI=1S/C19H24ClN3O3S/c1-23-7-5-15(6-8-23)26-12-16-17(10-13-3-2-4-14(20)9-13)27-19(21-16)22-18(25)11-24/h2-4,9,15,24H,5-8,10-12H2,1H3,(H,21,22,25). The molecule has 1 saturated heterocycles. The van der Waals surface area contributed by atoms with Crippen LogP contribution in [0.25, 0.3) is 0 Å². The number of nitrogens with one attached hydrogen (secondary N) is 1. The van der Waals surface area contributed by atoms with Gasteiger partial charge in [0.05, 0.1) is 18.4 Å². The van der Waals surface area contributed by atoms with Crippen LogP contribution in [-0.2, 0) is 22.6 Å². The maximum Gasteiger partial charge on any atom is 0.251 e. The summed E-state index contributed by atoms with van der Waals surface area (Å²) in [4.78, 5) is 19.3. The predicted octanol–water partition coefficient (Wildman–Crippen LogP) is 2.93. The molecule has 2 heterocycles. The van der Waals surface area contributed by atoms with Gasteiger partial charge in [-0.25, -0.2) is 4.98 Å². The third-order valence-electron chi connectivity index (χ3n) is 4.54. The highest BCUT2D eigenvalue weighted by molar-refractivity contribution is 7.15. The summed E-state index contributed by atoms with van der Waals surface area (Å²) in [5.41, 5.74) is 1.90. The Balaban J connectivity index is 1.72. The van der Waals surface area contributed by atoms with Crippen LogP contribution >= 0.6 is 22.9 Å². The fourth-order valence-electron chi connectivity index (χ4n) is 3.03. The number of likely N-dealkylation sites (tertiary alicyclic amines) is 1. The number of hydrogen-bond acceptors (Lipinski definition) is 6. The number of rotatable bonds is 7. The first-order valence-electron chi connectivity index (χ1n) is 8.97. The number of aliphatic hydroxyl groups excluding tert-OH is 1. The average molecular weight is 410 g/mol. The molecule has 2 aromatic rings. The van der Waals surface area contributed by atoms with Crippen molar-refractivity contribution in [1.29, 1.82) is 0 Å². The Morgan fingerprint density at radius 2 is 2.22 bits per heavy atom. The Morgan fingerprint density at radius 3 is 2.93 bits per heavy atom. The van der Waals surface area contributed by atoms with Crippen molar-refractivity contribution in [1.82, 2.24) is 9.88 Å². The largest absolute Gasteiger partial charge is 0.387 e. The van der Waals surface area contributed by atoms with Gasteiger partial charge < -0.3 is 14.7 Å². The highest BCUT2D eigenvalue weighted by atomic mass is 35.5. The maximum atomic E-state index is 11.5. The van der Waals surface area contributed by atoms with Crippen molar-refractivity contribution in [3.8, 4) is 0 Å². The molecular formula is C19H24ClN3O3S. The van der Waals surface area contributed by atoms with E-state index in [4.69, 9.17) is 21.4 Å². The number of hydrogen-bond donors (Lipinski definition) is 2. The van der Waals surface area contributed by atoms with Crippen LogP contribution < -0.4 is 5.32 Å². The summed E-state index contributed by atoms with van der Waals surface area (Å²) in [5.74, 6) is -0.471. The summed E-state index contributed by atoms with van der Waals surface area (Å²) in [6.07, 6.45) is 2.92. The summed E-state index contributed by atoms with van der Waals surface area (Å²) < 4.78 is 6.09. The minimum Gasteiger partial charge on any atom is -0.387 e. The fraction of sp³-hybridized carbons (Fsp3) is 0.474. The molecule has 0 unspecified atom stereocenters. The summed E-state index contributed by atoms with van der Waals surface area (Å²) in [6, 6.07) is 7.70. The Labute approximate surface area is 168 Å². The second-order valence-electron chi connectivity index (χ2n) is 6.72. The molecule has 1 aromatic carbocycles. The molecule has 27 heavy (non-hydrogen) atoms. The van der Waals surface area contributed by atoms with E-state index in [1.54, 1.807) is 0 Å². The first-order valence-corrected chi connectivity index (χ1v) is 10.2. The van der Waals surface area contributed by atoms with Crippen molar-refractivity contribution in [2.45, 2.75) is 32.0 Å². The second kappa shape index (κ2) is 9.61. The monoisotopic (exact) mass is 409 g/mol. The van der Waals surface area contributed by atoms with Crippen molar-refractivity contribution in [3.63, 3.8) is 0 Å². The number of anilines is 1. The Kier molecular flexibility index (Phi) is 7.20. The van der Waals surface area contributed by atoms with Crippen molar-refractivity contribution in [3.05, 3.63) is 45.4 Å². The van der Waals surface area contributed by atoms with E-state index in [0.29, 0.717) is 23.2 Å². The Bertz CT molecular complexity index is 775. The first kappa shape index (κ1) is 20.2. The number of carbonyl (C=O) groups excluding carboxylic acids is 1. The summed E-state index contributed by atoms with van der Waals surface area (Å²) >= 11 is 7.50. The normalized spacial score (nSPS) is 15.8. The van der Waals surface area contributed by atoms with Gasteiger partial charge in [0.1, 0.15) is 6.61 Å². The minimum absolute atomic E-state index is 0.234. The number of amides is 1. The molecule has 146 valence electrons. The van der Waals surface area contributed by atoms with Gasteiger partial charge in [-0.1, -0.05) is 23.7 Å². The predicted molar refractivity (Wildman–Crippen MR) is 107 cm³/mol. The van der Waals surface area contributed by atoms with E-state index in [1.165, 1.54) is 11.3 Å². The zero-order valence-electron chi connectivity index (χ0n) is 15.3. The van der Waals surface area contributed by atoms with E-state index in [-0.39, 0.29) is 6.10 Å². The number of carbonyl (C=O) groups is 1. The van der Waals surface area contributed by atoms with Crippen LogP contribution in [0.2, 0.25) is 5.02 Å². The highest BCUT2D eigenvalue weighted by Crippen LogP contribution is 2.28. The Hall–Kier alpha value is -1.51. The number of aromatic nitrogens is 1. The van der Waals surface area contributed by atoms with Crippen LogP contribution in [0, 0.1) is 0 Å². The van der Waals surface area contributed by atoms with E-state index in [1.807, 2.05) is 24.3 Å². The lowest BCUT2D eigenvalue weighted by molar-refractivity contribution is -0.118. The highest BCUT2D eigenvalue weighted by Gasteiger charge is 2.19. The third kappa shape index (κ3) is 5.99. The van der Waals surface area contributed by atoms with Crippen LogP contribution in [0.4, 0.5) is 5.13 Å². The van der Waals surface area contributed by atoms with Gasteiger partial charge in [0.25, 0.3) is 5.91 Å². The van der Waals surface area contributed by atoms with Gasteiger partial charge in [0, 0.05) is 29.4 Å². The smallest absolute Gasteiger partial charge is 0.251 e. The van der Waals surface area contributed by atoms with Crippen molar-refractivity contribution >= 4 is 34.0 Å². The summed E-state index contributed by atoms with van der Waals surface area (Å²) in [6.45, 7) is 1.92. The van der Waals surface area contributed by atoms with Gasteiger partial charge in [-0.3, -0.25) is 10.1 Å². The molecule has 3 rings (SSSR count). The van der Waals surface area contributed by atoms with Crippen LogP contribution in [0.15, 0.2) is 24.3 Å². The number of aliphatic hydroxyl groups is 1. The SMILES string of the molecule is CN1CCC(OCc2nc(NC(=O)CO)sc2Cc2cccc(Cl)c2)CC1. The van der Waals surface area contributed by atoms with Gasteiger partial charge >= 0.3 is 0 Å². The molecule has 0 atom stereocenters. The third-order valence-corrected chi connectivity index (χ3v) is 5.79. The second-order valence-corrected chi connectivity index (χ2v) is 8.24. The molecule has 0 bridgehead atoms. The number of ether oxygens (including phenoxy) is 1. The quantitative estimate of drug-likeness (QED) is 0.735. The van der Waals surface area contributed by atoms with Crippen LogP contribution in [0.1, 0.15) is 29.0 Å². The topological polar surface area (TPSA) is 74.7 Å². The van der Waals surface area contributed by atoms with E-state index < -0.39 is 12.5 Å². The van der Waals surface area contributed by atoms with Crippen molar-refractivity contribution in [2.24, 2.45) is 0 Å². The number of nitrogens with zero attached hydrogens (tertiary/aromatic N) is 2. The molecule has 2 N–H and O–H groups in total. The van der Waals surface area contributed by atoms with Gasteiger partial charge in [0.2, 0.25) is 0 Å². The number of piperidine rings is 1. The van der Waals surface area contributed by atoms with E-state index in [9.17, 15) is 4.79 Å².